The first kappa shape index (κ1) is 11.2. The molecule has 1 aromatic carbocycles. The van der Waals surface area contributed by atoms with Gasteiger partial charge in [0, 0.05) is 6.07 Å². The summed E-state index contributed by atoms with van der Waals surface area (Å²) in [5.74, 6) is 0. The highest BCUT2D eigenvalue weighted by Gasteiger charge is 2.35. The Morgan fingerprint density at radius 3 is 2.36 bits per heavy atom. The summed E-state index contributed by atoms with van der Waals surface area (Å²) in [5, 5.41) is 7.76. The molecule has 14 heavy (non-hydrogen) atoms. The molecule has 1 nitrogen and oxygen atoms in total. The van der Waals surface area contributed by atoms with Crippen LogP contribution in [0.25, 0.3) is 0 Å². The summed E-state index contributed by atoms with van der Waals surface area (Å²) in [6.07, 6.45) is -4.65. The van der Waals surface area contributed by atoms with Gasteiger partial charge in [-0.1, -0.05) is 23.2 Å². The molecule has 0 fully saturated rings. The van der Waals surface area contributed by atoms with Gasteiger partial charge in [-0.25, -0.2) is 0 Å². The second-order valence-electron chi connectivity index (χ2n) is 2.33. The average Bonchev–Trinajstić information content (AvgIpc) is 2.01. The molecule has 0 amide bonds. The highest BCUT2D eigenvalue weighted by atomic mass is 35.5. The molecule has 0 aliphatic heterocycles. The van der Waals surface area contributed by atoms with E-state index in [2.05, 4.69) is 6.07 Å². The zero-order valence-corrected chi connectivity index (χ0v) is 7.93. The van der Waals surface area contributed by atoms with Gasteiger partial charge in [-0.2, -0.15) is 18.4 Å². The van der Waals surface area contributed by atoms with Crippen molar-refractivity contribution >= 4 is 23.2 Å². The summed E-state index contributed by atoms with van der Waals surface area (Å²) in [4.78, 5) is 0. The van der Waals surface area contributed by atoms with Crippen LogP contribution in [0, 0.1) is 17.4 Å². The number of nitriles is 1. The van der Waals surface area contributed by atoms with Gasteiger partial charge in [0.2, 0.25) is 0 Å². The molecule has 0 bridgehead atoms. The van der Waals surface area contributed by atoms with Crippen LogP contribution in [0.1, 0.15) is 11.1 Å². The topological polar surface area (TPSA) is 23.8 Å². The Hall–Kier alpha value is -0.920. The third-order valence-electron chi connectivity index (χ3n) is 1.41. The van der Waals surface area contributed by atoms with Crippen LogP contribution in [0.5, 0.6) is 0 Å². The molecule has 0 saturated carbocycles. The number of rotatable bonds is 0. The van der Waals surface area contributed by atoms with Gasteiger partial charge in [0.15, 0.2) is 0 Å². The maximum Gasteiger partial charge on any atom is 0.417 e. The number of benzene rings is 1. The average molecular weight is 239 g/mol. The van der Waals surface area contributed by atoms with E-state index in [1.165, 1.54) is 6.07 Å². The fourth-order valence-corrected chi connectivity index (χ4v) is 1.35. The number of hydrogen-bond acceptors (Lipinski definition) is 1. The summed E-state index contributed by atoms with van der Waals surface area (Å²) in [5.41, 5.74) is -1.81. The van der Waals surface area contributed by atoms with Gasteiger partial charge in [0.25, 0.3) is 0 Å². The van der Waals surface area contributed by atoms with Gasteiger partial charge in [-0.15, -0.1) is 0 Å². The summed E-state index contributed by atoms with van der Waals surface area (Å²) in [7, 11) is 0. The SMILES string of the molecule is N#Cc1c(Cl)[c]c(Cl)cc1C(F)(F)F. The molecule has 1 aromatic rings. The highest BCUT2D eigenvalue weighted by Crippen LogP contribution is 2.36. The van der Waals surface area contributed by atoms with Crippen molar-refractivity contribution in [1.29, 1.82) is 5.26 Å². The van der Waals surface area contributed by atoms with E-state index >= 15 is 0 Å². The molecule has 0 spiro atoms. The van der Waals surface area contributed by atoms with Crippen LogP contribution in [0.3, 0.4) is 0 Å². The van der Waals surface area contributed by atoms with Crippen LogP contribution in [0.2, 0.25) is 10.0 Å². The molecule has 1 radical (unpaired) electrons. The van der Waals surface area contributed by atoms with Crippen molar-refractivity contribution in [1.82, 2.24) is 0 Å². The summed E-state index contributed by atoms with van der Waals surface area (Å²) in [6, 6.07) is 4.18. The van der Waals surface area contributed by atoms with Gasteiger partial charge in [0.05, 0.1) is 21.2 Å². The molecular formula is C8HCl2F3N. The quantitative estimate of drug-likeness (QED) is 0.677. The first-order valence-corrected chi connectivity index (χ1v) is 4.00. The molecule has 0 aliphatic rings. The zero-order valence-electron chi connectivity index (χ0n) is 6.41. The normalized spacial score (nSPS) is 11.1. The van der Waals surface area contributed by atoms with E-state index in [1.807, 2.05) is 0 Å². The summed E-state index contributed by atoms with van der Waals surface area (Å²) >= 11 is 10.7. The van der Waals surface area contributed by atoms with Crippen LogP contribution < -0.4 is 0 Å². The lowest BCUT2D eigenvalue weighted by atomic mass is 10.1. The molecule has 0 N–H and O–H groups in total. The van der Waals surface area contributed by atoms with Crippen LogP contribution in [0.15, 0.2) is 6.07 Å². The van der Waals surface area contributed by atoms with Crippen molar-refractivity contribution < 1.29 is 13.2 Å². The molecule has 0 aromatic heterocycles. The lowest BCUT2D eigenvalue weighted by molar-refractivity contribution is -0.137. The molecule has 0 heterocycles. The van der Waals surface area contributed by atoms with Crippen LogP contribution in [0.4, 0.5) is 13.2 Å². The minimum Gasteiger partial charge on any atom is -0.192 e. The third-order valence-corrected chi connectivity index (χ3v) is 1.89. The monoisotopic (exact) mass is 238 g/mol. The molecule has 6 heteroatoms. The van der Waals surface area contributed by atoms with E-state index in [1.54, 1.807) is 0 Å². The molecule has 1 rings (SSSR count). The van der Waals surface area contributed by atoms with Crippen molar-refractivity contribution in [3.8, 4) is 6.07 Å². The Labute approximate surface area is 87.7 Å². The Morgan fingerprint density at radius 1 is 1.36 bits per heavy atom. The van der Waals surface area contributed by atoms with Crippen molar-refractivity contribution in [3.05, 3.63) is 33.3 Å². The van der Waals surface area contributed by atoms with Gasteiger partial charge in [-0.3, -0.25) is 0 Å². The van der Waals surface area contributed by atoms with Gasteiger partial charge in [0.1, 0.15) is 6.07 Å². The van der Waals surface area contributed by atoms with Crippen molar-refractivity contribution in [2.75, 3.05) is 0 Å². The van der Waals surface area contributed by atoms with E-state index in [0.29, 0.717) is 6.07 Å². The Kier molecular flexibility index (Phi) is 2.93. The number of nitrogens with zero attached hydrogens (tertiary/aromatic N) is 1. The lowest BCUT2D eigenvalue weighted by Crippen LogP contribution is -2.08. The predicted octanol–water partition coefficient (Wildman–Crippen LogP) is 3.68. The second-order valence-corrected chi connectivity index (χ2v) is 3.11. The minimum absolute atomic E-state index is 0.277. The number of halogens is 5. The summed E-state index contributed by atoms with van der Waals surface area (Å²) < 4.78 is 36.9. The standard InChI is InChI=1S/C8HCl2F3N/c9-4-1-6(8(11,12)13)5(3-14)7(10)2-4/h1H. The van der Waals surface area contributed by atoms with E-state index < -0.39 is 22.3 Å². The van der Waals surface area contributed by atoms with E-state index in [4.69, 9.17) is 28.5 Å². The van der Waals surface area contributed by atoms with Crippen LogP contribution in [-0.4, -0.2) is 0 Å². The minimum atomic E-state index is -4.65. The summed E-state index contributed by atoms with van der Waals surface area (Å²) in [6.45, 7) is 0. The fourth-order valence-electron chi connectivity index (χ4n) is 0.853. The van der Waals surface area contributed by atoms with E-state index in [0.717, 1.165) is 0 Å². The molecule has 73 valence electrons. The van der Waals surface area contributed by atoms with Gasteiger partial charge in [-0.05, 0) is 6.07 Å². The van der Waals surface area contributed by atoms with Crippen LogP contribution in [-0.2, 0) is 6.18 Å². The highest BCUT2D eigenvalue weighted by molar-refractivity contribution is 6.35. The lowest BCUT2D eigenvalue weighted by Gasteiger charge is -2.09. The molecule has 0 unspecified atom stereocenters. The van der Waals surface area contributed by atoms with Gasteiger partial charge < -0.3 is 0 Å². The van der Waals surface area contributed by atoms with Crippen molar-refractivity contribution in [2.24, 2.45) is 0 Å². The number of alkyl halides is 3. The van der Waals surface area contributed by atoms with Crippen molar-refractivity contribution in [3.63, 3.8) is 0 Å². The fraction of sp³-hybridized carbons (Fsp3) is 0.125. The third kappa shape index (κ3) is 2.11. The first-order chi connectivity index (χ1) is 6.36. The zero-order chi connectivity index (χ0) is 10.9. The first-order valence-electron chi connectivity index (χ1n) is 3.25. The smallest absolute Gasteiger partial charge is 0.192 e. The predicted molar refractivity (Wildman–Crippen MR) is 45.0 cm³/mol. The number of hydrogen-bond donors (Lipinski definition) is 0. The molecule has 0 atom stereocenters. The Morgan fingerprint density at radius 2 is 1.93 bits per heavy atom. The van der Waals surface area contributed by atoms with Gasteiger partial charge >= 0.3 is 6.18 Å². The van der Waals surface area contributed by atoms with Crippen LogP contribution >= 0.6 is 23.2 Å². The molecule has 0 aliphatic carbocycles. The second kappa shape index (κ2) is 3.68. The Bertz CT molecular complexity index is 406. The molecular weight excluding hydrogens is 238 g/mol. The maximum absolute atomic E-state index is 12.3. The largest absolute Gasteiger partial charge is 0.417 e. The van der Waals surface area contributed by atoms with E-state index in [-0.39, 0.29) is 5.02 Å². The maximum atomic E-state index is 12.3. The molecule has 0 saturated heterocycles. The van der Waals surface area contributed by atoms with E-state index in [9.17, 15) is 13.2 Å². The van der Waals surface area contributed by atoms with Crippen molar-refractivity contribution in [2.45, 2.75) is 6.18 Å². The Balaban J connectivity index is 3.50.